The van der Waals surface area contributed by atoms with Gasteiger partial charge in [0.2, 0.25) is 0 Å². The van der Waals surface area contributed by atoms with E-state index in [0.717, 1.165) is 11.0 Å². The third kappa shape index (κ3) is 1.26. The Balaban J connectivity index is 2.74. The van der Waals surface area contributed by atoms with Crippen molar-refractivity contribution in [1.82, 2.24) is 9.97 Å². The third-order valence-corrected chi connectivity index (χ3v) is 1.76. The molecule has 2 aromatic rings. The fraction of sp³-hybridized carbons (Fsp3) is 0.111. The molecule has 0 saturated heterocycles. The molecule has 4 heteroatoms. The van der Waals surface area contributed by atoms with Crippen LogP contribution in [0.5, 0.6) is 5.88 Å². The number of rotatable bonds is 1. The van der Waals surface area contributed by atoms with Gasteiger partial charge in [-0.3, -0.25) is 0 Å². The van der Waals surface area contributed by atoms with Gasteiger partial charge in [0, 0.05) is 0 Å². The molecule has 0 amide bonds. The first kappa shape index (κ1) is 7.79. The number of benzene rings is 1. The summed E-state index contributed by atoms with van der Waals surface area (Å²) < 4.78 is 4.95. The number of nitrogens with two attached hydrogens (primary N) is 1. The predicted molar refractivity (Wildman–Crippen MR) is 50.5 cm³/mol. The normalized spacial score (nSPS) is 10.2. The molecule has 2 N–H and O–H groups in total. The second kappa shape index (κ2) is 2.90. The number of fused-ring (bicyclic) bond motifs is 1. The van der Waals surface area contributed by atoms with Crippen LogP contribution >= 0.6 is 0 Å². The van der Waals surface area contributed by atoms with Crippen molar-refractivity contribution in [2.45, 2.75) is 0 Å². The SMILES string of the molecule is COc1nc2ccccc2nc1N. The van der Waals surface area contributed by atoms with Crippen molar-refractivity contribution < 1.29 is 4.74 Å². The second-order valence-electron chi connectivity index (χ2n) is 2.61. The van der Waals surface area contributed by atoms with Crippen LogP contribution < -0.4 is 10.5 Å². The molecule has 2 rings (SSSR count). The maximum Gasteiger partial charge on any atom is 0.257 e. The van der Waals surface area contributed by atoms with E-state index in [1.54, 1.807) is 0 Å². The molecule has 66 valence electrons. The molecule has 1 aromatic heterocycles. The summed E-state index contributed by atoms with van der Waals surface area (Å²) in [5.74, 6) is 0.694. The number of nitrogens with zero attached hydrogens (tertiary/aromatic N) is 2. The Labute approximate surface area is 75.4 Å². The van der Waals surface area contributed by atoms with Crippen LogP contribution in [0.2, 0.25) is 0 Å². The van der Waals surface area contributed by atoms with Gasteiger partial charge in [-0.25, -0.2) is 9.97 Å². The van der Waals surface area contributed by atoms with Gasteiger partial charge in [0.05, 0.1) is 18.1 Å². The number of hydrogen-bond acceptors (Lipinski definition) is 4. The van der Waals surface area contributed by atoms with Gasteiger partial charge >= 0.3 is 0 Å². The summed E-state index contributed by atoms with van der Waals surface area (Å²) in [6, 6.07) is 7.51. The first-order valence-corrected chi connectivity index (χ1v) is 3.87. The molecule has 0 aliphatic rings. The second-order valence-corrected chi connectivity index (χ2v) is 2.61. The number of anilines is 1. The molecule has 1 aromatic carbocycles. The van der Waals surface area contributed by atoms with Crippen molar-refractivity contribution >= 4 is 16.9 Å². The molecule has 0 aliphatic carbocycles. The van der Waals surface area contributed by atoms with E-state index in [1.807, 2.05) is 24.3 Å². The monoisotopic (exact) mass is 175 g/mol. The van der Waals surface area contributed by atoms with Gasteiger partial charge in [0.25, 0.3) is 5.88 Å². The molecular weight excluding hydrogens is 166 g/mol. The smallest absolute Gasteiger partial charge is 0.257 e. The molecule has 0 saturated carbocycles. The molecule has 0 spiro atoms. The lowest BCUT2D eigenvalue weighted by molar-refractivity contribution is 0.400. The molecule has 1 heterocycles. The summed E-state index contributed by atoms with van der Waals surface area (Å²) in [6.07, 6.45) is 0. The van der Waals surface area contributed by atoms with E-state index in [4.69, 9.17) is 10.5 Å². The van der Waals surface area contributed by atoms with Crippen LogP contribution in [-0.2, 0) is 0 Å². The molecule has 0 unspecified atom stereocenters. The van der Waals surface area contributed by atoms with E-state index in [9.17, 15) is 0 Å². The maximum atomic E-state index is 5.60. The lowest BCUT2D eigenvalue weighted by atomic mass is 10.3. The van der Waals surface area contributed by atoms with Crippen molar-refractivity contribution in [2.24, 2.45) is 0 Å². The summed E-state index contributed by atoms with van der Waals surface area (Å²) in [5, 5.41) is 0. The summed E-state index contributed by atoms with van der Waals surface area (Å²) in [5.41, 5.74) is 7.16. The van der Waals surface area contributed by atoms with Gasteiger partial charge in [-0.2, -0.15) is 0 Å². The summed E-state index contributed by atoms with van der Waals surface area (Å²) in [4.78, 5) is 8.32. The Hall–Kier alpha value is -1.84. The standard InChI is InChI=1S/C9H9N3O/c1-13-9-8(10)11-6-4-2-3-5-7(6)12-9/h2-5H,1H3,(H2,10,11). The van der Waals surface area contributed by atoms with E-state index in [0.29, 0.717) is 11.7 Å². The van der Waals surface area contributed by atoms with Gasteiger partial charge < -0.3 is 10.5 Å². The number of methoxy groups -OCH3 is 1. The molecule has 0 atom stereocenters. The highest BCUT2D eigenvalue weighted by molar-refractivity contribution is 5.76. The van der Waals surface area contributed by atoms with E-state index in [-0.39, 0.29) is 0 Å². The molecular formula is C9H9N3O. The third-order valence-electron chi connectivity index (χ3n) is 1.76. The van der Waals surface area contributed by atoms with Crippen LogP contribution in [0.25, 0.3) is 11.0 Å². The van der Waals surface area contributed by atoms with Crippen LogP contribution in [0.1, 0.15) is 0 Å². The van der Waals surface area contributed by atoms with Crippen molar-refractivity contribution in [3.05, 3.63) is 24.3 Å². The van der Waals surface area contributed by atoms with E-state index >= 15 is 0 Å². The zero-order valence-corrected chi connectivity index (χ0v) is 7.19. The van der Waals surface area contributed by atoms with Gasteiger partial charge in [0.15, 0.2) is 5.82 Å². The first-order valence-electron chi connectivity index (χ1n) is 3.87. The number of nitrogen functional groups attached to an aromatic ring is 1. The highest BCUT2D eigenvalue weighted by Crippen LogP contribution is 2.19. The Morgan fingerprint density at radius 1 is 1.15 bits per heavy atom. The highest BCUT2D eigenvalue weighted by Gasteiger charge is 2.03. The fourth-order valence-electron chi connectivity index (χ4n) is 1.15. The zero-order chi connectivity index (χ0) is 9.26. The predicted octanol–water partition coefficient (Wildman–Crippen LogP) is 1.22. The van der Waals surface area contributed by atoms with Crippen molar-refractivity contribution in [2.75, 3.05) is 12.8 Å². The average molecular weight is 175 g/mol. The molecule has 13 heavy (non-hydrogen) atoms. The topological polar surface area (TPSA) is 61.0 Å². The van der Waals surface area contributed by atoms with E-state index in [1.165, 1.54) is 7.11 Å². The van der Waals surface area contributed by atoms with Crippen LogP contribution in [-0.4, -0.2) is 17.1 Å². The number of aromatic nitrogens is 2. The van der Waals surface area contributed by atoms with Crippen molar-refractivity contribution in [3.63, 3.8) is 0 Å². The Morgan fingerprint density at radius 2 is 1.77 bits per heavy atom. The minimum absolute atomic E-state index is 0.321. The highest BCUT2D eigenvalue weighted by atomic mass is 16.5. The number of ether oxygens (including phenoxy) is 1. The minimum atomic E-state index is 0.321. The molecule has 0 bridgehead atoms. The van der Waals surface area contributed by atoms with Crippen LogP contribution in [0.3, 0.4) is 0 Å². The van der Waals surface area contributed by atoms with E-state index in [2.05, 4.69) is 9.97 Å². The largest absolute Gasteiger partial charge is 0.478 e. The lowest BCUT2D eigenvalue weighted by Crippen LogP contribution is -1.98. The number of hydrogen-bond donors (Lipinski definition) is 1. The summed E-state index contributed by atoms with van der Waals surface area (Å²) in [7, 11) is 1.52. The maximum absolute atomic E-state index is 5.60. The fourth-order valence-corrected chi connectivity index (χ4v) is 1.15. The van der Waals surface area contributed by atoms with Crippen molar-refractivity contribution in [3.8, 4) is 5.88 Å². The Kier molecular flexibility index (Phi) is 1.73. The minimum Gasteiger partial charge on any atom is -0.478 e. The summed E-state index contributed by atoms with van der Waals surface area (Å²) >= 11 is 0. The lowest BCUT2D eigenvalue weighted by Gasteiger charge is -2.03. The summed E-state index contributed by atoms with van der Waals surface area (Å²) in [6.45, 7) is 0. The Bertz CT molecular complexity index is 442. The quantitative estimate of drug-likeness (QED) is 0.707. The Morgan fingerprint density at radius 3 is 2.38 bits per heavy atom. The first-order chi connectivity index (χ1) is 6.31. The molecule has 0 fully saturated rings. The van der Waals surface area contributed by atoms with Crippen LogP contribution in [0.15, 0.2) is 24.3 Å². The van der Waals surface area contributed by atoms with Crippen LogP contribution in [0.4, 0.5) is 5.82 Å². The molecule has 0 radical (unpaired) electrons. The zero-order valence-electron chi connectivity index (χ0n) is 7.19. The van der Waals surface area contributed by atoms with E-state index < -0.39 is 0 Å². The molecule has 4 nitrogen and oxygen atoms in total. The van der Waals surface area contributed by atoms with Gasteiger partial charge in [-0.15, -0.1) is 0 Å². The van der Waals surface area contributed by atoms with Crippen molar-refractivity contribution in [1.29, 1.82) is 0 Å². The molecule has 0 aliphatic heterocycles. The average Bonchev–Trinajstić information content (AvgIpc) is 2.17. The van der Waals surface area contributed by atoms with Crippen LogP contribution in [0, 0.1) is 0 Å². The number of para-hydroxylation sites is 2. The van der Waals surface area contributed by atoms with Gasteiger partial charge in [0.1, 0.15) is 0 Å². The van der Waals surface area contributed by atoms with Gasteiger partial charge in [-0.1, -0.05) is 12.1 Å². The van der Waals surface area contributed by atoms with Gasteiger partial charge in [-0.05, 0) is 12.1 Å².